The normalized spacial score (nSPS) is 13.7. The first-order chi connectivity index (χ1) is 4.96. The van der Waals surface area contributed by atoms with Gasteiger partial charge >= 0.3 is 15.6 Å². The summed E-state index contributed by atoms with van der Waals surface area (Å²) in [6.45, 7) is 4.07. The Balaban J connectivity index is 0. The molecule has 0 rings (SSSR count). The van der Waals surface area contributed by atoms with Gasteiger partial charge in [0.2, 0.25) is 8.32 Å². The number of hydrogen-bond acceptors (Lipinski definition) is 3. The molecule has 0 N–H and O–H groups in total. The third-order valence-electron chi connectivity index (χ3n) is 0.643. The molecule has 0 aliphatic carbocycles. The minimum Gasteiger partial charge on any atom is -0.309 e. The van der Waals surface area contributed by atoms with Crippen LogP contribution in [0.15, 0.2) is 0 Å². The Labute approximate surface area is 94.7 Å². The van der Waals surface area contributed by atoms with Crippen LogP contribution in [-0.4, -0.2) is 22.2 Å². The van der Waals surface area contributed by atoms with Gasteiger partial charge < -0.3 is 3.87 Å². The Morgan fingerprint density at radius 2 is 1.46 bits per heavy atom. The van der Waals surface area contributed by atoms with Crippen molar-refractivity contribution in [2.24, 2.45) is 0 Å². The van der Waals surface area contributed by atoms with Crippen LogP contribution in [0.25, 0.3) is 0 Å². The molecule has 0 saturated heterocycles. The molecule has 0 atom stereocenters. The van der Waals surface area contributed by atoms with Crippen molar-refractivity contribution in [3.05, 3.63) is 0 Å². The predicted molar refractivity (Wildman–Crippen MR) is 39.4 cm³/mol. The van der Waals surface area contributed by atoms with Crippen LogP contribution in [0.3, 0.4) is 0 Å². The van der Waals surface area contributed by atoms with E-state index in [4.69, 9.17) is 0 Å². The minimum atomic E-state index is -5.39. The van der Waals surface area contributed by atoms with Crippen molar-refractivity contribution in [2.75, 3.05) is 0 Å². The van der Waals surface area contributed by atoms with Crippen molar-refractivity contribution in [1.29, 1.82) is 0 Å². The standard InChI is InChI=1S/C4H9F3O3SSi.Sc/c1-12(2,3)10-11(8,9)4(5,6)7;/h1-3H3;. The molecule has 3 nitrogen and oxygen atoms in total. The number of rotatable bonds is 2. The predicted octanol–water partition coefficient (Wildman–Crippen LogP) is 1.69. The van der Waals surface area contributed by atoms with Gasteiger partial charge in [0.15, 0.2) is 0 Å². The van der Waals surface area contributed by atoms with E-state index >= 15 is 0 Å². The molecule has 0 aromatic carbocycles. The molecule has 0 spiro atoms. The maximum Gasteiger partial charge on any atom is 0.522 e. The first-order valence-electron chi connectivity index (χ1n) is 2.98. The first kappa shape index (κ1) is 16.2. The van der Waals surface area contributed by atoms with Crippen LogP contribution in [0.5, 0.6) is 0 Å². The summed E-state index contributed by atoms with van der Waals surface area (Å²) in [6, 6.07) is 0. The van der Waals surface area contributed by atoms with Crippen LogP contribution in [0.2, 0.25) is 19.6 Å². The molecule has 0 bridgehead atoms. The second-order valence-electron chi connectivity index (χ2n) is 3.10. The van der Waals surface area contributed by atoms with E-state index in [0.717, 1.165) is 0 Å². The van der Waals surface area contributed by atoms with Gasteiger partial charge in [0, 0.05) is 25.8 Å². The van der Waals surface area contributed by atoms with Gasteiger partial charge in [-0.15, -0.1) is 0 Å². The molecule has 0 unspecified atom stereocenters. The summed E-state index contributed by atoms with van der Waals surface area (Å²) < 4.78 is 59.7. The third-order valence-corrected chi connectivity index (χ3v) is 4.09. The molecule has 1 radical (unpaired) electrons. The minimum absolute atomic E-state index is 0. The zero-order valence-electron chi connectivity index (χ0n) is 7.34. The molecule has 0 aliphatic rings. The van der Waals surface area contributed by atoms with E-state index in [-0.39, 0.29) is 25.8 Å². The molecule has 13 heavy (non-hydrogen) atoms. The Kier molecular flexibility index (Phi) is 5.66. The van der Waals surface area contributed by atoms with Crippen molar-refractivity contribution in [3.63, 3.8) is 0 Å². The number of hydrogen-bond donors (Lipinski definition) is 0. The molecular formula is C4H9F3O3SScSi. The number of halogens is 3. The Hall–Kier alpha value is 0.787. The second kappa shape index (κ2) is 4.54. The maximum absolute atomic E-state index is 11.7. The van der Waals surface area contributed by atoms with Crippen molar-refractivity contribution in [2.45, 2.75) is 25.1 Å². The van der Waals surface area contributed by atoms with Gasteiger partial charge in [0.05, 0.1) is 0 Å². The second-order valence-corrected chi connectivity index (χ2v) is 9.36. The molecule has 0 saturated carbocycles. The summed E-state index contributed by atoms with van der Waals surface area (Å²) in [6.07, 6.45) is 0. The number of alkyl halides is 3. The van der Waals surface area contributed by atoms with Gasteiger partial charge in [-0.05, 0) is 19.6 Å². The summed E-state index contributed by atoms with van der Waals surface area (Å²) in [5.41, 5.74) is -5.31. The molecule has 0 amide bonds. The maximum atomic E-state index is 11.7. The smallest absolute Gasteiger partial charge is 0.309 e. The average Bonchev–Trinajstić information content (AvgIpc) is 1.52. The summed E-state index contributed by atoms with van der Waals surface area (Å²) in [5.74, 6) is 0. The molecule has 0 fully saturated rings. The molecule has 0 aromatic rings. The van der Waals surface area contributed by atoms with Crippen molar-refractivity contribution in [3.8, 4) is 0 Å². The fourth-order valence-electron chi connectivity index (χ4n) is 0.376. The third kappa shape index (κ3) is 5.97. The Bertz CT molecular complexity index is 255. The molecule has 77 valence electrons. The van der Waals surface area contributed by atoms with E-state index in [9.17, 15) is 21.6 Å². The van der Waals surface area contributed by atoms with Crippen LogP contribution in [0.4, 0.5) is 13.2 Å². The van der Waals surface area contributed by atoms with E-state index in [1.807, 2.05) is 0 Å². The van der Waals surface area contributed by atoms with Crippen molar-refractivity contribution >= 4 is 18.4 Å². The van der Waals surface area contributed by atoms with Crippen LogP contribution in [0, 0.1) is 0 Å². The van der Waals surface area contributed by atoms with Crippen molar-refractivity contribution < 1.29 is 51.3 Å². The van der Waals surface area contributed by atoms with E-state index in [1.165, 1.54) is 19.6 Å². The van der Waals surface area contributed by atoms with E-state index in [0.29, 0.717) is 0 Å². The quantitative estimate of drug-likeness (QED) is 0.565. The van der Waals surface area contributed by atoms with Crippen LogP contribution >= 0.6 is 0 Å². The Morgan fingerprint density at radius 1 is 1.15 bits per heavy atom. The average molecular weight is 267 g/mol. The van der Waals surface area contributed by atoms with E-state index in [1.54, 1.807) is 0 Å². The SMILES string of the molecule is C[Si](C)(C)OS(=O)(=O)C(F)(F)F.[Sc]. The summed E-state index contributed by atoms with van der Waals surface area (Å²) in [4.78, 5) is 0. The molecule has 9 heteroatoms. The zero-order valence-corrected chi connectivity index (χ0v) is 11.0. The first-order valence-corrected chi connectivity index (χ1v) is 7.79. The van der Waals surface area contributed by atoms with Gasteiger partial charge in [-0.3, -0.25) is 0 Å². The monoisotopic (exact) mass is 267 g/mol. The van der Waals surface area contributed by atoms with Gasteiger partial charge in [-0.2, -0.15) is 21.6 Å². The summed E-state index contributed by atoms with van der Waals surface area (Å²) in [7, 11) is -8.10. The van der Waals surface area contributed by atoms with Gasteiger partial charge in [0.1, 0.15) is 0 Å². The van der Waals surface area contributed by atoms with Gasteiger partial charge in [-0.1, -0.05) is 0 Å². The van der Waals surface area contributed by atoms with E-state index in [2.05, 4.69) is 3.87 Å². The zero-order chi connectivity index (χ0) is 10.2. The molecule has 0 aromatic heterocycles. The van der Waals surface area contributed by atoms with Crippen LogP contribution < -0.4 is 0 Å². The molecule has 0 aliphatic heterocycles. The fraction of sp³-hybridized carbons (Fsp3) is 1.00. The van der Waals surface area contributed by atoms with Crippen LogP contribution in [0.1, 0.15) is 0 Å². The summed E-state index contributed by atoms with van der Waals surface area (Å²) >= 11 is 0. The molecule has 0 heterocycles. The fourth-order valence-corrected chi connectivity index (χ4v) is 3.39. The van der Waals surface area contributed by atoms with Crippen LogP contribution in [-0.2, 0) is 39.8 Å². The van der Waals surface area contributed by atoms with Crippen molar-refractivity contribution in [1.82, 2.24) is 0 Å². The summed E-state index contributed by atoms with van der Waals surface area (Å²) in [5, 5.41) is 0. The van der Waals surface area contributed by atoms with E-state index < -0.39 is 23.9 Å². The van der Waals surface area contributed by atoms with Gasteiger partial charge in [0.25, 0.3) is 0 Å². The molecular weight excluding hydrogens is 258 g/mol. The van der Waals surface area contributed by atoms with Gasteiger partial charge in [-0.25, -0.2) is 0 Å². The largest absolute Gasteiger partial charge is 0.522 e. The topological polar surface area (TPSA) is 43.4 Å². The Morgan fingerprint density at radius 3 is 1.54 bits per heavy atom.